The van der Waals surface area contributed by atoms with Gasteiger partial charge in [0.2, 0.25) is 0 Å². The summed E-state index contributed by atoms with van der Waals surface area (Å²) in [6.07, 6.45) is 4.23. The van der Waals surface area contributed by atoms with E-state index in [0.717, 1.165) is 23.4 Å². The molecule has 0 amide bonds. The van der Waals surface area contributed by atoms with Gasteiger partial charge in [-0.05, 0) is 140 Å². The van der Waals surface area contributed by atoms with Gasteiger partial charge in [0.05, 0.1) is 5.69 Å². The first-order chi connectivity index (χ1) is 26.5. The number of para-hydroxylation sites is 1. The Balaban J connectivity index is 0.977. The molecule has 5 unspecified atom stereocenters. The molecular formula is C53H43N. The van der Waals surface area contributed by atoms with Gasteiger partial charge in [-0.1, -0.05) is 147 Å². The fraction of sp³-hybridized carbons (Fsp3) is 0.208. The minimum Gasteiger partial charge on any atom is -0.310 e. The van der Waals surface area contributed by atoms with Gasteiger partial charge >= 0.3 is 0 Å². The number of hydrogen-bond acceptors (Lipinski definition) is 1. The molecule has 3 saturated carbocycles. The van der Waals surface area contributed by atoms with E-state index in [2.05, 4.69) is 183 Å². The average molecular weight is 694 g/mol. The van der Waals surface area contributed by atoms with Crippen LogP contribution in [0.4, 0.5) is 17.1 Å². The molecule has 0 bridgehead atoms. The molecule has 5 aliphatic rings. The summed E-state index contributed by atoms with van der Waals surface area (Å²) in [5.74, 6) is 3.30. The summed E-state index contributed by atoms with van der Waals surface area (Å²) in [6.45, 7) is 4.74. The van der Waals surface area contributed by atoms with Gasteiger partial charge in [0.15, 0.2) is 0 Å². The molecule has 0 aliphatic heterocycles. The molecule has 7 aromatic carbocycles. The molecule has 0 aromatic heterocycles. The van der Waals surface area contributed by atoms with E-state index in [0.29, 0.717) is 11.3 Å². The van der Waals surface area contributed by atoms with Crippen molar-refractivity contribution in [3.05, 3.63) is 186 Å². The Morgan fingerprint density at radius 2 is 1.02 bits per heavy atom. The normalized spacial score (nSPS) is 24.1. The van der Waals surface area contributed by atoms with E-state index in [1.807, 2.05) is 0 Å². The summed E-state index contributed by atoms with van der Waals surface area (Å²) in [5.41, 5.74) is 20.7. The minimum absolute atomic E-state index is 0.0821. The molecule has 54 heavy (non-hydrogen) atoms. The lowest BCUT2D eigenvalue weighted by Crippen LogP contribution is -2.70. The van der Waals surface area contributed by atoms with E-state index >= 15 is 0 Å². The molecular weight excluding hydrogens is 651 g/mol. The van der Waals surface area contributed by atoms with Gasteiger partial charge in [0.25, 0.3) is 0 Å². The minimum atomic E-state index is -0.0821. The van der Waals surface area contributed by atoms with Crippen molar-refractivity contribution in [2.45, 2.75) is 50.4 Å². The molecule has 0 N–H and O–H groups in total. The highest BCUT2D eigenvalue weighted by Crippen LogP contribution is 2.85. The predicted molar refractivity (Wildman–Crippen MR) is 224 cm³/mol. The summed E-state index contributed by atoms with van der Waals surface area (Å²) < 4.78 is 0. The number of benzene rings is 7. The molecule has 5 aliphatic carbocycles. The van der Waals surface area contributed by atoms with Crippen LogP contribution < -0.4 is 4.90 Å². The quantitative estimate of drug-likeness (QED) is 0.173. The van der Waals surface area contributed by atoms with Crippen LogP contribution in [0.15, 0.2) is 164 Å². The van der Waals surface area contributed by atoms with Crippen LogP contribution in [0.2, 0.25) is 0 Å². The van der Waals surface area contributed by atoms with E-state index in [1.165, 1.54) is 86.3 Å². The lowest BCUT2D eigenvalue weighted by atomic mass is 9.25. The first-order valence-electron chi connectivity index (χ1n) is 20.0. The number of fused-ring (bicyclic) bond motifs is 8. The molecule has 1 spiro atoms. The fourth-order valence-corrected chi connectivity index (χ4v) is 12.3. The van der Waals surface area contributed by atoms with Crippen LogP contribution in [-0.4, -0.2) is 0 Å². The zero-order valence-electron chi connectivity index (χ0n) is 31.0. The standard InChI is InChI=1S/C53H43N/c1-52(2)47-18-10-8-17-44(47)45-27-25-39(32-48(45)52)54(51-19-11-9-14-40(51)34-12-4-3-5-13-34)38-23-20-33(21-24-38)35-22-26-42-41-15-6-7-16-43(41)49-30-36-29-37-31-50(46(42)28-35)53(36,37)49/h3-28,32,36-37,49-50H,29-31H2,1-2H3. The van der Waals surface area contributed by atoms with Crippen molar-refractivity contribution in [3.8, 4) is 44.5 Å². The van der Waals surface area contributed by atoms with Gasteiger partial charge in [0, 0.05) is 22.4 Å². The molecule has 12 rings (SSSR count). The van der Waals surface area contributed by atoms with E-state index in [1.54, 1.807) is 11.1 Å². The highest BCUT2D eigenvalue weighted by atomic mass is 15.1. The maximum absolute atomic E-state index is 2.58. The molecule has 5 atom stereocenters. The average Bonchev–Trinajstić information content (AvgIpc) is 3.37. The van der Waals surface area contributed by atoms with Crippen LogP contribution in [0.5, 0.6) is 0 Å². The van der Waals surface area contributed by atoms with Crippen LogP contribution in [0, 0.1) is 17.3 Å². The van der Waals surface area contributed by atoms with Crippen molar-refractivity contribution in [3.63, 3.8) is 0 Å². The zero-order chi connectivity index (χ0) is 35.8. The van der Waals surface area contributed by atoms with Crippen molar-refractivity contribution < 1.29 is 0 Å². The molecule has 1 nitrogen and oxygen atoms in total. The molecule has 0 heterocycles. The number of rotatable bonds is 5. The van der Waals surface area contributed by atoms with Gasteiger partial charge in [-0.25, -0.2) is 0 Å². The monoisotopic (exact) mass is 693 g/mol. The maximum Gasteiger partial charge on any atom is 0.0540 e. The Hall–Kier alpha value is -5.66. The first kappa shape index (κ1) is 30.8. The fourth-order valence-electron chi connectivity index (χ4n) is 12.3. The Kier molecular flexibility index (Phi) is 6.24. The van der Waals surface area contributed by atoms with Crippen LogP contribution in [0.25, 0.3) is 44.5 Å². The lowest BCUT2D eigenvalue weighted by molar-refractivity contribution is -0.252. The zero-order valence-corrected chi connectivity index (χ0v) is 31.0. The second-order valence-electron chi connectivity index (χ2n) is 17.3. The van der Waals surface area contributed by atoms with Gasteiger partial charge in [-0.15, -0.1) is 0 Å². The van der Waals surface area contributed by atoms with Crippen LogP contribution in [0.3, 0.4) is 0 Å². The van der Waals surface area contributed by atoms with Crippen molar-refractivity contribution in [2.75, 3.05) is 4.90 Å². The van der Waals surface area contributed by atoms with Crippen molar-refractivity contribution in [1.82, 2.24) is 0 Å². The number of hydrogen-bond donors (Lipinski definition) is 0. The van der Waals surface area contributed by atoms with E-state index < -0.39 is 0 Å². The van der Waals surface area contributed by atoms with Gasteiger partial charge < -0.3 is 4.90 Å². The Morgan fingerprint density at radius 3 is 1.81 bits per heavy atom. The highest BCUT2D eigenvalue weighted by molar-refractivity contribution is 5.91. The molecule has 260 valence electrons. The SMILES string of the molecule is CC1(C)c2ccccc2-c2ccc(N(c3ccc(-c4ccc5c(c4)C4CC6CC7CC(c8ccccc8-5)C764)cc3)c3ccccc3-c3ccccc3)cc21. The summed E-state index contributed by atoms with van der Waals surface area (Å²) in [6, 6.07) is 61.9. The maximum atomic E-state index is 2.58. The third kappa shape index (κ3) is 3.95. The summed E-state index contributed by atoms with van der Waals surface area (Å²) in [7, 11) is 0. The van der Waals surface area contributed by atoms with Crippen LogP contribution >= 0.6 is 0 Å². The van der Waals surface area contributed by atoms with E-state index in [4.69, 9.17) is 0 Å². The molecule has 0 radical (unpaired) electrons. The molecule has 0 saturated heterocycles. The predicted octanol–water partition coefficient (Wildman–Crippen LogP) is 14.1. The summed E-state index contributed by atoms with van der Waals surface area (Å²) in [5, 5.41) is 0. The lowest BCUT2D eigenvalue weighted by Gasteiger charge is -2.78. The first-order valence-corrected chi connectivity index (χ1v) is 20.0. The van der Waals surface area contributed by atoms with Crippen molar-refractivity contribution in [1.29, 1.82) is 0 Å². The Labute approximate surface area is 319 Å². The third-order valence-corrected chi connectivity index (χ3v) is 14.8. The Morgan fingerprint density at radius 1 is 0.426 bits per heavy atom. The second-order valence-corrected chi connectivity index (χ2v) is 17.3. The van der Waals surface area contributed by atoms with Crippen LogP contribution in [-0.2, 0) is 5.41 Å². The van der Waals surface area contributed by atoms with E-state index in [-0.39, 0.29) is 5.41 Å². The van der Waals surface area contributed by atoms with Crippen LogP contribution in [0.1, 0.15) is 67.2 Å². The molecule has 1 heteroatoms. The van der Waals surface area contributed by atoms with E-state index in [9.17, 15) is 0 Å². The van der Waals surface area contributed by atoms with Crippen molar-refractivity contribution in [2.24, 2.45) is 17.3 Å². The molecule has 7 aromatic rings. The van der Waals surface area contributed by atoms with Gasteiger partial charge in [-0.2, -0.15) is 0 Å². The smallest absolute Gasteiger partial charge is 0.0540 e. The summed E-state index contributed by atoms with van der Waals surface area (Å²) >= 11 is 0. The number of anilines is 3. The summed E-state index contributed by atoms with van der Waals surface area (Å²) in [4.78, 5) is 2.47. The molecule has 3 fully saturated rings. The highest BCUT2D eigenvalue weighted by Gasteiger charge is 2.76. The topological polar surface area (TPSA) is 3.24 Å². The van der Waals surface area contributed by atoms with Gasteiger partial charge in [0.1, 0.15) is 0 Å². The Bertz CT molecular complexity index is 2640. The second kappa shape index (κ2) is 11.0. The number of nitrogens with zero attached hydrogens (tertiary/aromatic N) is 1. The van der Waals surface area contributed by atoms with Crippen molar-refractivity contribution >= 4 is 17.1 Å². The largest absolute Gasteiger partial charge is 0.310 e. The third-order valence-electron chi connectivity index (χ3n) is 14.8. The van der Waals surface area contributed by atoms with Gasteiger partial charge in [-0.3, -0.25) is 0 Å².